The molecule has 34 heavy (non-hydrogen) atoms. The molecule has 4 rings (SSSR count). The number of hydrogen-bond donors (Lipinski definition) is 2. The monoisotopic (exact) mass is 479 g/mol. The molecule has 0 saturated carbocycles. The fraction of sp³-hybridized carbons (Fsp3) is 0.300. The number of rotatable bonds is 5. The van der Waals surface area contributed by atoms with Crippen molar-refractivity contribution in [1.82, 2.24) is 29.7 Å². The highest BCUT2D eigenvalue weighted by molar-refractivity contribution is 5.87. The van der Waals surface area contributed by atoms with E-state index < -0.39 is 12.1 Å². The first-order valence-corrected chi connectivity index (χ1v) is 9.82. The molecule has 0 spiro atoms. The van der Waals surface area contributed by atoms with Crippen LogP contribution in [0, 0.1) is 0 Å². The van der Waals surface area contributed by atoms with Gasteiger partial charge in [0.25, 0.3) is 0 Å². The van der Waals surface area contributed by atoms with Gasteiger partial charge in [-0.15, -0.1) is 10.2 Å². The van der Waals surface area contributed by atoms with Crippen molar-refractivity contribution in [1.29, 1.82) is 0 Å². The van der Waals surface area contributed by atoms with Crippen molar-refractivity contribution in [2.75, 3.05) is 25.5 Å². The van der Waals surface area contributed by atoms with E-state index in [4.69, 9.17) is 14.6 Å². The van der Waals surface area contributed by atoms with Gasteiger partial charge in [-0.25, -0.2) is 14.3 Å². The number of hydrogen-bond acceptors (Lipinski definition) is 8. The lowest BCUT2D eigenvalue weighted by Crippen LogP contribution is -2.26. The Labute approximate surface area is 190 Å². The second-order valence-corrected chi connectivity index (χ2v) is 7.08. The predicted molar refractivity (Wildman–Crippen MR) is 113 cm³/mol. The maximum atomic E-state index is 11.9. The number of nitrogens with one attached hydrogen (secondary N) is 1. The first-order valence-electron chi connectivity index (χ1n) is 9.82. The molecule has 0 aromatic carbocycles. The van der Waals surface area contributed by atoms with Crippen LogP contribution in [0.3, 0.4) is 0 Å². The average molecular weight is 479 g/mol. The van der Waals surface area contributed by atoms with Gasteiger partial charge < -0.3 is 20.1 Å². The summed E-state index contributed by atoms with van der Waals surface area (Å²) in [4.78, 5) is 26.9. The lowest BCUT2D eigenvalue weighted by molar-refractivity contribution is -0.192. The van der Waals surface area contributed by atoms with Crippen LogP contribution in [0.25, 0.3) is 5.65 Å². The Kier molecular flexibility index (Phi) is 7.28. The number of carboxylic acid groups (broad SMARTS) is 1. The zero-order chi connectivity index (χ0) is 24.9. The highest BCUT2D eigenvalue weighted by Crippen LogP contribution is 2.31. The molecular formula is C20H20F3N7O4. The summed E-state index contributed by atoms with van der Waals surface area (Å²) in [5.74, 6) is -1.55. The van der Waals surface area contributed by atoms with E-state index >= 15 is 0 Å². The summed E-state index contributed by atoms with van der Waals surface area (Å²) >= 11 is 0. The van der Waals surface area contributed by atoms with Crippen LogP contribution in [0.15, 0.2) is 43.4 Å². The fourth-order valence-corrected chi connectivity index (χ4v) is 3.26. The maximum absolute atomic E-state index is 11.9. The number of aromatic nitrogens is 5. The standard InChI is InChI=1S/C18H19N7O2.C2HF3O2/c1-3-17(26)24-7-6-12(9-24)13-8-14(18-19-11-20-25(18)10-13)21-15-4-5-16(27-2)23-22-15;3-2(4,5)1(6)7/h3-5,8,10-12H,1,6-7,9H2,2H3,(H,21,22);(H,6,7). The molecular weight excluding hydrogens is 459 g/mol. The second-order valence-electron chi connectivity index (χ2n) is 7.08. The van der Waals surface area contributed by atoms with Crippen molar-refractivity contribution in [3.63, 3.8) is 0 Å². The van der Waals surface area contributed by atoms with Crippen molar-refractivity contribution in [2.24, 2.45) is 0 Å². The number of anilines is 2. The third-order valence-corrected chi connectivity index (χ3v) is 4.90. The number of fused-ring (bicyclic) bond motifs is 1. The van der Waals surface area contributed by atoms with Gasteiger partial charge in [0.05, 0.1) is 12.8 Å². The molecule has 2 N–H and O–H groups in total. The number of likely N-dealkylation sites (tertiary alicyclic amines) is 1. The number of alkyl halides is 3. The Morgan fingerprint density at radius 2 is 2.06 bits per heavy atom. The third-order valence-electron chi connectivity index (χ3n) is 4.90. The smallest absolute Gasteiger partial charge is 0.480 e. The molecule has 14 heteroatoms. The third kappa shape index (κ3) is 5.76. The lowest BCUT2D eigenvalue weighted by Gasteiger charge is -2.16. The summed E-state index contributed by atoms with van der Waals surface area (Å²) in [6.45, 7) is 4.94. The minimum absolute atomic E-state index is 0.0359. The lowest BCUT2D eigenvalue weighted by atomic mass is 10.00. The van der Waals surface area contributed by atoms with Gasteiger partial charge in [-0.05, 0) is 30.2 Å². The number of amides is 1. The molecule has 1 amide bonds. The van der Waals surface area contributed by atoms with Gasteiger partial charge in [0.2, 0.25) is 11.8 Å². The van der Waals surface area contributed by atoms with Crippen molar-refractivity contribution in [3.8, 4) is 5.88 Å². The Bertz CT molecular complexity index is 1180. The van der Waals surface area contributed by atoms with E-state index in [0.29, 0.717) is 23.9 Å². The van der Waals surface area contributed by atoms with Gasteiger partial charge in [-0.1, -0.05) is 6.58 Å². The van der Waals surface area contributed by atoms with Gasteiger partial charge >= 0.3 is 12.1 Å². The molecule has 0 aliphatic carbocycles. The summed E-state index contributed by atoms with van der Waals surface area (Å²) in [5, 5.41) is 22.7. The molecule has 1 fully saturated rings. The summed E-state index contributed by atoms with van der Waals surface area (Å²) in [5.41, 5.74) is 2.54. The SMILES string of the molecule is C=CC(=O)N1CCC(c2cc(Nc3ccc(OC)nn3)c3ncnn3c2)C1.O=C(O)C(F)(F)F. The number of pyridine rings is 1. The number of methoxy groups -OCH3 is 1. The molecule has 1 unspecified atom stereocenters. The van der Waals surface area contributed by atoms with Crippen molar-refractivity contribution in [2.45, 2.75) is 18.5 Å². The van der Waals surface area contributed by atoms with E-state index in [9.17, 15) is 18.0 Å². The Balaban J connectivity index is 0.000000406. The van der Waals surface area contributed by atoms with Gasteiger partial charge in [-0.2, -0.15) is 18.3 Å². The van der Waals surface area contributed by atoms with Crippen LogP contribution in [0.4, 0.5) is 24.7 Å². The van der Waals surface area contributed by atoms with E-state index in [1.165, 1.54) is 12.4 Å². The number of ether oxygens (including phenoxy) is 1. The first kappa shape index (κ1) is 24.4. The quantitative estimate of drug-likeness (QED) is 0.529. The molecule has 3 aromatic heterocycles. The topological polar surface area (TPSA) is 135 Å². The number of aliphatic carboxylic acids is 1. The molecule has 4 heterocycles. The highest BCUT2D eigenvalue weighted by atomic mass is 19.4. The number of carbonyl (C=O) groups excluding carboxylic acids is 1. The molecule has 1 saturated heterocycles. The minimum Gasteiger partial charge on any atom is -0.480 e. The molecule has 180 valence electrons. The fourth-order valence-electron chi connectivity index (χ4n) is 3.26. The van der Waals surface area contributed by atoms with Crippen LogP contribution in [-0.4, -0.2) is 73.1 Å². The summed E-state index contributed by atoms with van der Waals surface area (Å²) in [6.07, 6.45) is 0.631. The normalized spacial score (nSPS) is 15.4. The minimum atomic E-state index is -5.08. The zero-order valence-electron chi connectivity index (χ0n) is 17.9. The molecule has 1 aliphatic heterocycles. The van der Waals surface area contributed by atoms with Gasteiger partial charge in [0.1, 0.15) is 6.33 Å². The van der Waals surface area contributed by atoms with E-state index in [1.807, 2.05) is 17.2 Å². The van der Waals surface area contributed by atoms with E-state index in [0.717, 1.165) is 24.2 Å². The van der Waals surface area contributed by atoms with E-state index in [1.54, 1.807) is 23.8 Å². The summed E-state index contributed by atoms with van der Waals surface area (Å²) in [7, 11) is 1.54. The van der Waals surface area contributed by atoms with Crippen molar-refractivity contribution < 1.29 is 32.6 Å². The summed E-state index contributed by atoms with van der Waals surface area (Å²) in [6, 6.07) is 5.55. The van der Waals surface area contributed by atoms with Crippen LogP contribution >= 0.6 is 0 Å². The average Bonchev–Trinajstić information content (AvgIpc) is 3.49. The number of nitrogens with zero attached hydrogens (tertiary/aromatic N) is 6. The molecule has 3 aromatic rings. The molecule has 1 aliphatic rings. The van der Waals surface area contributed by atoms with E-state index in [-0.39, 0.29) is 11.8 Å². The number of carbonyl (C=O) groups is 2. The Morgan fingerprint density at radius 3 is 2.65 bits per heavy atom. The second kappa shape index (κ2) is 10.1. The Hall–Kier alpha value is -4.23. The van der Waals surface area contributed by atoms with Crippen molar-refractivity contribution in [3.05, 3.63) is 48.9 Å². The number of halogens is 3. The van der Waals surface area contributed by atoms with Gasteiger partial charge in [-0.3, -0.25) is 4.79 Å². The van der Waals surface area contributed by atoms with E-state index in [2.05, 4.69) is 32.2 Å². The van der Waals surface area contributed by atoms with Crippen LogP contribution in [0.5, 0.6) is 5.88 Å². The number of carboxylic acids is 1. The molecule has 1 atom stereocenters. The molecule has 0 radical (unpaired) electrons. The highest BCUT2D eigenvalue weighted by Gasteiger charge is 2.38. The van der Waals surface area contributed by atoms with Crippen LogP contribution in [-0.2, 0) is 9.59 Å². The van der Waals surface area contributed by atoms with Crippen LogP contribution < -0.4 is 10.1 Å². The summed E-state index contributed by atoms with van der Waals surface area (Å²) < 4.78 is 38.5. The largest absolute Gasteiger partial charge is 0.490 e. The van der Waals surface area contributed by atoms with Crippen molar-refractivity contribution >= 4 is 29.0 Å². The van der Waals surface area contributed by atoms with Crippen LogP contribution in [0.2, 0.25) is 0 Å². The maximum Gasteiger partial charge on any atom is 0.490 e. The van der Waals surface area contributed by atoms with Gasteiger partial charge in [0.15, 0.2) is 11.5 Å². The first-order chi connectivity index (χ1) is 16.1. The zero-order valence-corrected chi connectivity index (χ0v) is 17.9. The molecule has 11 nitrogen and oxygen atoms in total. The Morgan fingerprint density at radius 1 is 1.32 bits per heavy atom. The van der Waals surface area contributed by atoms with Crippen LogP contribution in [0.1, 0.15) is 17.9 Å². The predicted octanol–water partition coefficient (Wildman–Crippen LogP) is 2.41. The van der Waals surface area contributed by atoms with Gasteiger partial charge in [0, 0.05) is 31.3 Å². The molecule has 0 bridgehead atoms.